The molecule has 0 heterocycles. The summed E-state index contributed by atoms with van der Waals surface area (Å²) in [6.07, 6.45) is 0. The number of nitrogens with zero attached hydrogens (tertiary/aromatic N) is 1. The van der Waals surface area contributed by atoms with Gasteiger partial charge in [0, 0.05) is 5.69 Å². The molecular formula is C13H14N2O3S. The van der Waals surface area contributed by atoms with Crippen molar-refractivity contribution in [1.29, 1.82) is 0 Å². The SMILES string of the molecule is Cc1ccc(N(c2ccc(N)cc2)S(=O)(=O)O)cc1. The van der Waals surface area contributed by atoms with Crippen molar-refractivity contribution in [1.82, 2.24) is 0 Å². The summed E-state index contributed by atoms with van der Waals surface area (Å²) in [6, 6.07) is 13.0. The van der Waals surface area contributed by atoms with Crippen LogP contribution in [0.25, 0.3) is 0 Å². The van der Waals surface area contributed by atoms with Crippen LogP contribution in [0.15, 0.2) is 48.5 Å². The van der Waals surface area contributed by atoms with Gasteiger partial charge in [0.2, 0.25) is 0 Å². The van der Waals surface area contributed by atoms with Crippen LogP contribution in [0.3, 0.4) is 0 Å². The Balaban J connectivity index is 2.54. The highest BCUT2D eigenvalue weighted by molar-refractivity contribution is 7.87. The fourth-order valence-electron chi connectivity index (χ4n) is 1.71. The van der Waals surface area contributed by atoms with Crippen molar-refractivity contribution in [3.63, 3.8) is 0 Å². The maximum atomic E-state index is 11.6. The number of anilines is 3. The van der Waals surface area contributed by atoms with E-state index in [2.05, 4.69) is 0 Å². The van der Waals surface area contributed by atoms with E-state index >= 15 is 0 Å². The largest absolute Gasteiger partial charge is 0.399 e. The number of hydrogen-bond donors (Lipinski definition) is 2. The summed E-state index contributed by atoms with van der Waals surface area (Å²) >= 11 is 0. The molecule has 0 bridgehead atoms. The van der Waals surface area contributed by atoms with Gasteiger partial charge in [-0.2, -0.15) is 8.42 Å². The number of hydrogen-bond acceptors (Lipinski definition) is 3. The molecule has 2 aromatic rings. The minimum atomic E-state index is -4.40. The van der Waals surface area contributed by atoms with Gasteiger partial charge in [-0.15, -0.1) is 0 Å². The summed E-state index contributed by atoms with van der Waals surface area (Å²) in [7, 11) is -4.40. The Labute approximate surface area is 112 Å². The Bertz CT molecular complexity index is 619. The molecule has 0 unspecified atom stereocenters. The van der Waals surface area contributed by atoms with E-state index in [1.54, 1.807) is 36.4 Å². The van der Waals surface area contributed by atoms with Crippen molar-refractivity contribution in [2.75, 3.05) is 10.0 Å². The normalized spacial score (nSPS) is 11.3. The lowest BCUT2D eigenvalue weighted by Gasteiger charge is -2.21. The molecule has 0 aliphatic carbocycles. The van der Waals surface area contributed by atoms with Crippen molar-refractivity contribution in [2.24, 2.45) is 0 Å². The van der Waals surface area contributed by atoms with Gasteiger partial charge in [-0.1, -0.05) is 17.7 Å². The van der Waals surface area contributed by atoms with Crippen LogP contribution < -0.4 is 10.0 Å². The lowest BCUT2D eigenvalue weighted by molar-refractivity contribution is 0.483. The Morgan fingerprint density at radius 1 is 0.947 bits per heavy atom. The van der Waals surface area contributed by atoms with E-state index in [1.165, 1.54) is 12.1 Å². The van der Waals surface area contributed by atoms with Crippen LogP contribution in [-0.4, -0.2) is 13.0 Å². The molecule has 2 rings (SSSR count). The molecule has 6 heteroatoms. The number of nitrogen functional groups attached to an aromatic ring is 1. The van der Waals surface area contributed by atoms with Gasteiger partial charge in [-0.05, 0) is 43.3 Å². The molecule has 0 radical (unpaired) electrons. The van der Waals surface area contributed by atoms with Gasteiger partial charge in [0.25, 0.3) is 0 Å². The number of rotatable bonds is 3. The maximum absolute atomic E-state index is 11.6. The molecule has 3 N–H and O–H groups in total. The molecule has 0 amide bonds. The standard InChI is InChI=1S/C13H14N2O3S/c1-10-2-6-12(7-3-10)15(19(16,17)18)13-8-4-11(14)5-9-13/h2-9H,14H2,1H3,(H,16,17,18). The first-order chi connectivity index (χ1) is 8.88. The van der Waals surface area contributed by atoms with E-state index in [1.807, 2.05) is 6.92 Å². The first kappa shape index (κ1) is 13.4. The fourth-order valence-corrected chi connectivity index (χ4v) is 2.48. The van der Waals surface area contributed by atoms with E-state index in [-0.39, 0.29) is 0 Å². The lowest BCUT2D eigenvalue weighted by Crippen LogP contribution is -2.25. The third-order valence-corrected chi connectivity index (χ3v) is 3.51. The number of benzene rings is 2. The molecule has 0 aliphatic rings. The molecule has 0 saturated carbocycles. The second-order valence-corrected chi connectivity index (χ2v) is 5.43. The molecule has 0 fully saturated rings. The van der Waals surface area contributed by atoms with E-state index in [9.17, 15) is 13.0 Å². The minimum absolute atomic E-state index is 0.320. The van der Waals surface area contributed by atoms with Crippen LogP contribution in [0.5, 0.6) is 0 Å². The Kier molecular flexibility index (Phi) is 3.46. The molecule has 2 aromatic carbocycles. The zero-order valence-electron chi connectivity index (χ0n) is 10.3. The van der Waals surface area contributed by atoms with E-state index in [0.29, 0.717) is 17.1 Å². The first-order valence-electron chi connectivity index (χ1n) is 5.58. The molecule has 0 aromatic heterocycles. The van der Waals surface area contributed by atoms with Crippen LogP contribution >= 0.6 is 0 Å². The highest BCUT2D eigenvalue weighted by Crippen LogP contribution is 2.28. The summed E-state index contributed by atoms with van der Waals surface area (Å²) in [5.74, 6) is 0. The van der Waals surface area contributed by atoms with Crippen LogP contribution in [0.1, 0.15) is 5.56 Å². The summed E-state index contributed by atoms with van der Waals surface area (Å²) in [4.78, 5) is 0. The zero-order chi connectivity index (χ0) is 14.0. The van der Waals surface area contributed by atoms with Crippen LogP contribution in [-0.2, 0) is 10.3 Å². The second kappa shape index (κ2) is 4.91. The van der Waals surface area contributed by atoms with Crippen molar-refractivity contribution >= 4 is 27.4 Å². The molecule has 0 spiro atoms. The van der Waals surface area contributed by atoms with Gasteiger partial charge in [0.15, 0.2) is 0 Å². The molecule has 0 aliphatic heterocycles. The topological polar surface area (TPSA) is 83.6 Å². The van der Waals surface area contributed by atoms with Crippen LogP contribution in [0, 0.1) is 6.92 Å². The maximum Gasteiger partial charge on any atom is 0.364 e. The third kappa shape index (κ3) is 3.04. The highest BCUT2D eigenvalue weighted by Gasteiger charge is 2.21. The summed E-state index contributed by atoms with van der Waals surface area (Å²) in [6.45, 7) is 1.89. The average molecular weight is 278 g/mol. The molecule has 100 valence electrons. The van der Waals surface area contributed by atoms with Gasteiger partial charge in [0.1, 0.15) is 0 Å². The molecule has 0 atom stereocenters. The molecule has 19 heavy (non-hydrogen) atoms. The number of aryl methyl sites for hydroxylation is 1. The molecule has 5 nitrogen and oxygen atoms in total. The number of nitrogens with two attached hydrogens (primary N) is 1. The van der Waals surface area contributed by atoms with Gasteiger partial charge >= 0.3 is 10.3 Å². The summed E-state index contributed by atoms with van der Waals surface area (Å²) < 4.78 is 33.3. The van der Waals surface area contributed by atoms with E-state index in [4.69, 9.17) is 5.73 Å². The first-order valence-corrected chi connectivity index (χ1v) is 6.97. The lowest BCUT2D eigenvalue weighted by atomic mass is 10.2. The summed E-state index contributed by atoms with van der Waals surface area (Å²) in [5, 5.41) is 0. The monoisotopic (exact) mass is 278 g/mol. The second-order valence-electron chi connectivity index (χ2n) is 4.17. The van der Waals surface area contributed by atoms with Gasteiger partial charge < -0.3 is 5.73 Å². The van der Waals surface area contributed by atoms with Crippen molar-refractivity contribution in [3.8, 4) is 0 Å². The van der Waals surface area contributed by atoms with Crippen molar-refractivity contribution in [2.45, 2.75) is 6.92 Å². The third-order valence-electron chi connectivity index (χ3n) is 2.63. The predicted octanol–water partition coefficient (Wildman–Crippen LogP) is 2.52. The highest BCUT2D eigenvalue weighted by atomic mass is 32.2. The quantitative estimate of drug-likeness (QED) is 0.667. The average Bonchev–Trinajstić information content (AvgIpc) is 2.33. The van der Waals surface area contributed by atoms with E-state index in [0.717, 1.165) is 9.87 Å². The minimum Gasteiger partial charge on any atom is -0.399 e. The Morgan fingerprint density at radius 2 is 1.37 bits per heavy atom. The zero-order valence-corrected chi connectivity index (χ0v) is 11.1. The Hall–Kier alpha value is -2.05. The van der Waals surface area contributed by atoms with E-state index < -0.39 is 10.3 Å². The van der Waals surface area contributed by atoms with Gasteiger partial charge in [-0.3, -0.25) is 4.55 Å². The predicted molar refractivity (Wildman–Crippen MR) is 75.7 cm³/mol. The van der Waals surface area contributed by atoms with Gasteiger partial charge in [0.05, 0.1) is 11.4 Å². The molecule has 0 saturated heterocycles. The van der Waals surface area contributed by atoms with Crippen LogP contribution in [0.2, 0.25) is 0 Å². The fraction of sp³-hybridized carbons (Fsp3) is 0.0769. The summed E-state index contributed by atoms with van der Waals surface area (Å²) in [5.41, 5.74) is 7.76. The van der Waals surface area contributed by atoms with Gasteiger partial charge in [-0.25, -0.2) is 4.31 Å². The Morgan fingerprint density at radius 3 is 1.79 bits per heavy atom. The molecular weight excluding hydrogens is 264 g/mol. The van der Waals surface area contributed by atoms with Crippen LogP contribution in [0.4, 0.5) is 17.1 Å². The van der Waals surface area contributed by atoms with Crippen molar-refractivity contribution < 1.29 is 13.0 Å². The smallest absolute Gasteiger partial charge is 0.364 e. The van der Waals surface area contributed by atoms with Crippen molar-refractivity contribution in [3.05, 3.63) is 54.1 Å².